The summed E-state index contributed by atoms with van der Waals surface area (Å²) in [6, 6.07) is 8.61. The number of thioether (sulfide) groups is 1. The second-order valence-electron chi connectivity index (χ2n) is 3.99. The number of nitrogens with zero attached hydrogens (tertiary/aromatic N) is 1. The van der Waals surface area contributed by atoms with Crippen molar-refractivity contribution in [1.82, 2.24) is 0 Å². The highest BCUT2D eigenvalue weighted by Gasteiger charge is 2.32. The highest BCUT2D eigenvalue weighted by atomic mass is 32.2. The van der Waals surface area contributed by atoms with E-state index in [1.165, 1.54) is 12.1 Å². The summed E-state index contributed by atoms with van der Waals surface area (Å²) in [6.45, 7) is 0. The van der Waals surface area contributed by atoms with Crippen LogP contribution in [-0.4, -0.2) is 17.0 Å². The summed E-state index contributed by atoms with van der Waals surface area (Å²) < 4.78 is 13.0. The average Bonchev–Trinajstić information content (AvgIpc) is 2.30. The van der Waals surface area contributed by atoms with Gasteiger partial charge >= 0.3 is 0 Å². The van der Waals surface area contributed by atoms with Gasteiger partial charge in [0.2, 0.25) is 0 Å². The maximum absolute atomic E-state index is 13.0. The number of benzene rings is 1. The van der Waals surface area contributed by atoms with Gasteiger partial charge in [0, 0.05) is 11.4 Å². The van der Waals surface area contributed by atoms with Crippen molar-refractivity contribution in [2.45, 2.75) is 18.4 Å². The molecule has 0 radical (unpaired) electrons. The normalized spacial score (nSPS) is 24.8. The molecule has 1 aliphatic heterocycles. The van der Waals surface area contributed by atoms with E-state index in [0.29, 0.717) is 5.69 Å². The Hall–Kier alpha value is -1.21. The Kier molecular flexibility index (Phi) is 3.35. The molecule has 0 amide bonds. The van der Waals surface area contributed by atoms with Crippen molar-refractivity contribution in [3.05, 3.63) is 30.1 Å². The summed E-state index contributed by atoms with van der Waals surface area (Å²) in [6.07, 6.45) is 1.85. The first-order valence-corrected chi connectivity index (χ1v) is 6.42. The molecule has 16 heavy (non-hydrogen) atoms. The van der Waals surface area contributed by atoms with E-state index in [-0.39, 0.29) is 5.82 Å². The first-order valence-electron chi connectivity index (χ1n) is 5.27. The van der Waals surface area contributed by atoms with Crippen LogP contribution in [0.2, 0.25) is 0 Å². The molecule has 0 aromatic heterocycles. The number of anilines is 1. The van der Waals surface area contributed by atoms with Gasteiger partial charge < -0.3 is 5.32 Å². The molecular weight excluding hydrogens is 223 g/mol. The Morgan fingerprint density at radius 1 is 1.50 bits per heavy atom. The quantitative estimate of drug-likeness (QED) is 0.857. The zero-order valence-corrected chi connectivity index (χ0v) is 9.69. The van der Waals surface area contributed by atoms with Crippen molar-refractivity contribution >= 4 is 17.4 Å². The first kappa shape index (κ1) is 11.3. The molecule has 1 aromatic rings. The van der Waals surface area contributed by atoms with Crippen LogP contribution in [0.1, 0.15) is 12.8 Å². The summed E-state index contributed by atoms with van der Waals surface area (Å²) in [5, 5.41) is 12.4. The van der Waals surface area contributed by atoms with Gasteiger partial charge in [-0.2, -0.15) is 17.0 Å². The lowest BCUT2D eigenvalue weighted by Gasteiger charge is -2.32. The third kappa shape index (κ3) is 2.48. The predicted octanol–water partition coefficient (Wildman–Crippen LogP) is 3.03. The summed E-state index contributed by atoms with van der Waals surface area (Å²) in [7, 11) is 0. The van der Waals surface area contributed by atoms with Gasteiger partial charge in [-0.05, 0) is 36.8 Å². The Bertz CT molecular complexity index is 408. The number of nitrogens with one attached hydrogen (secondary N) is 1. The SMILES string of the molecule is N#CC1(Nc2cccc(F)c2)CCCSC1. The molecule has 1 fully saturated rings. The Morgan fingerprint density at radius 3 is 3.00 bits per heavy atom. The molecule has 1 saturated heterocycles. The van der Waals surface area contributed by atoms with Gasteiger partial charge in [-0.3, -0.25) is 0 Å². The molecular formula is C12H13FN2S. The van der Waals surface area contributed by atoms with Crippen LogP contribution in [0.4, 0.5) is 10.1 Å². The van der Waals surface area contributed by atoms with E-state index in [1.807, 2.05) is 0 Å². The number of hydrogen-bond donors (Lipinski definition) is 1. The monoisotopic (exact) mass is 236 g/mol. The molecule has 1 atom stereocenters. The summed E-state index contributed by atoms with van der Waals surface area (Å²) in [5.74, 6) is 1.59. The fourth-order valence-electron chi connectivity index (χ4n) is 1.85. The van der Waals surface area contributed by atoms with Crippen molar-refractivity contribution < 1.29 is 4.39 Å². The van der Waals surface area contributed by atoms with Crippen LogP contribution in [-0.2, 0) is 0 Å². The summed E-state index contributed by atoms with van der Waals surface area (Å²) in [5.41, 5.74) is 0.153. The van der Waals surface area contributed by atoms with Gasteiger partial charge in [0.1, 0.15) is 11.4 Å². The molecule has 4 heteroatoms. The van der Waals surface area contributed by atoms with Gasteiger partial charge in [0.15, 0.2) is 0 Å². The van der Waals surface area contributed by atoms with Gasteiger partial charge in [-0.15, -0.1) is 0 Å². The van der Waals surface area contributed by atoms with Crippen LogP contribution in [0.15, 0.2) is 24.3 Å². The average molecular weight is 236 g/mol. The fraction of sp³-hybridized carbons (Fsp3) is 0.417. The smallest absolute Gasteiger partial charge is 0.134 e. The van der Waals surface area contributed by atoms with Crippen LogP contribution >= 0.6 is 11.8 Å². The lowest BCUT2D eigenvalue weighted by Crippen LogP contribution is -2.41. The van der Waals surface area contributed by atoms with Crippen molar-refractivity contribution in [2.24, 2.45) is 0 Å². The molecule has 1 aliphatic rings. The molecule has 84 valence electrons. The van der Waals surface area contributed by atoms with E-state index in [9.17, 15) is 9.65 Å². The maximum Gasteiger partial charge on any atom is 0.134 e. The van der Waals surface area contributed by atoms with Crippen LogP contribution < -0.4 is 5.32 Å². The highest BCUT2D eigenvalue weighted by molar-refractivity contribution is 7.99. The van der Waals surface area contributed by atoms with E-state index in [2.05, 4.69) is 11.4 Å². The Balaban J connectivity index is 2.15. The number of hydrogen-bond acceptors (Lipinski definition) is 3. The summed E-state index contributed by atoms with van der Waals surface area (Å²) >= 11 is 1.77. The topological polar surface area (TPSA) is 35.8 Å². The number of halogens is 1. The number of nitriles is 1. The Morgan fingerprint density at radius 2 is 2.38 bits per heavy atom. The molecule has 1 unspecified atom stereocenters. The predicted molar refractivity (Wildman–Crippen MR) is 64.9 cm³/mol. The second-order valence-corrected chi connectivity index (χ2v) is 5.09. The van der Waals surface area contributed by atoms with Crippen molar-refractivity contribution in [1.29, 1.82) is 5.26 Å². The third-order valence-corrected chi connectivity index (χ3v) is 3.94. The lowest BCUT2D eigenvalue weighted by atomic mass is 9.97. The Labute approximate surface area is 98.8 Å². The molecule has 1 aromatic carbocycles. The van der Waals surface area contributed by atoms with E-state index < -0.39 is 5.54 Å². The van der Waals surface area contributed by atoms with Crippen LogP contribution in [0.3, 0.4) is 0 Å². The third-order valence-electron chi connectivity index (χ3n) is 2.66. The van der Waals surface area contributed by atoms with Crippen LogP contribution in [0, 0.1) is 17.1 Å². The van der Waals surface area contributed by atoms with Crippen molar-refractivity contribution in [2.75, 3.05) is 16.8 Å². The molecule has 0 spiro atoms. The van der Waals surface area contributed by atoms with E-state index in [4.69, 9.17) is 0 Å². The molecule has 1 N–H and O–H groups in total. The zero-order valence-electron chi connectivity index (χ0n) is 8.87. The minimum absolute atomic E-state index is 0.276. The minimum Gasteiger partial charge on any atom is -0.367 e. The van der Waals surface area contributed by atoms with Gasteiger partial charge in [-0.1, -0.05) is 6.07 Å². The van der Waals surface area contributed by atoms with Crippen molar-refractivity contribution in [3.8, 4) is 6.07 Å². The second kappa shape index (κ2) is 4.75. The van der Waals surface area contributed by atoms with Crippen LogP contribution in [0.5, 0.6) is 0 Å². The molecule has 1 heterocycles. The fourth-order valence-corrected chi connectivity index (χ4v) is 2.97. The van der Waals surface area contributed by atoms with E-state index in [1.54, 1.807) is 23.9 Å². The van der Waals surface area contributed by atoms with Crippen LogP contribution in [0.25, 0.3) is 0 Å². The lowest BCUT2D eigenvalue weighted by molar-refractivity contribution is 0.574. The van der Waals surface area contributed by atoms with Gasteiger partial charge in [0.25, 0.3) is 0 Å². The van der Waals surface area contributed by atoms with E-state index in [0.717, 1.165) is 24.3 Å². The van der Waals surface area contributed by atoms with Gasteiger partial charge in [-0.25, -0.2) is 4.39 Å². The van der Waals surface area contributed by atoms with Crippen molar-refractivity contribution in [3.63, 3.8) is 0 Å². The minimum atomic E-state index is -0.531. The molecule has 0 bridgehead atoms. The highest BCUT2D eigenvalue weighted by Crippen LogP contribution is 2.29. The molecule has 2 nitrogen and oxygen atoms in total. The summed E-state index contributed by atoms with van der Waals surface area (Å²) in [4.78, 5) is 0. The number of rotatable bonds is 2. The standard InChI is InChI=1S/C12H13FN2S/c13-10-3-1-4-11(7-10)15-12(8-14)5-2-6-16-9-12/h1,3-4,7,15H,2,5-6,9H2. The largest absolute Gasteiger partial charge is 0.367 e. The first-order chi connectivity index (χ1) is 7.74. The zero-order chi connectivity index (χ0) is 11.4. The molecule has 0 aliphatic carbocycles. The van der Waals surface area contributed by atoms with E-state index >= 15 is 0 Å². The maximum atomic E-state index is 13.0. The molecule has 2 rings (SSSR count). The molecule has 0 saturated carbocycles. The van der Waals surface area contributed by atoms with Gasteiger partial charge in [0.05, 0.1) is 6.07 Å².